The lowest BCUT2D eigenvalue weighted by Crippen LogP contribution is -2.70. The Morgan fingerprint density at radius 3 is 1.11 bits per heavy atom. The third kappa shape index (κ3) is 18.1. The maximum absolute atomic E-state index is 12.8. The molecule has 7 aliphatic rings. The smallest absolute Gasteiger partial charge is 0.394 e. The zero-order valence-electron chi connectivity index (χ0n) is 50.2. The second-order valence-corrected chi connectivity index (χ2v) is 24.2. The first-order valence-corrected chi connectivity index (χ1v) is 30.6. The molecule has 544 valence electrons. The monoisotopic (exact) mass is 1400 g/mol. The Labute approximate surface area is 532 Å². The van der Waals surface area contributed by atoms with Crippen molar-refractivity contribution in [3.63, 3.8) is 0 Å². The molecular weight excluding hydrogens is 1310 g/mol. The van der Waals surface area contributed by atoms with Gasteiger partial charge in [0.25, 0.3) is 0 Å². The molecule has 0 unspecified atom stereocenters. The highest BCUT2D eigenvalue weighted by molar-refractivity contribution is 7.80. The number of aliphatic hydroxyl groups is 18. The van der Waals surface area contributed by atoms with Crippen molar-refractivity contribution in [2.75, 3.05) is 46.2 Å². The SMILES string of the molecule is CC(=O)N[C@@H]1[C@@H](O)[C@H](O[C@@H]2O[C@H](CO)[C@@H](O[C@@H]3O[C@H](CO[C@H]4O[C@H](CO)[C@@H](O)[C@H](O)[C@@H]4O[C@@H]4O[C@H](COS(=O)(=O)O)[C@@H](O)[C@H](O)[C@H]4NC(C)=O)[C@@H](O)[C@H](O[C@H]4O[C@H](CO)[C@@H](O)[C@H](O)[C@@H]4O[C@@H]4O[C@H](CO)[C@@H](O)[C@H](O)[C@H]4NC(C)=O)[C@@H]3O)[C@H](O)[C@H]2NC(C)=O)[C@@H](CO)O[C@H]1O. The Morgan fingerprint density at radius 2 is 0.649 bits per heavy atom. The second-order valence-electron chi connectivity index (χ2n) is 23.1. The molecule has 7 rings (SSSR count). The molecule has 7 aliphatic heterocycles. The van der Waals surface area contributed by atoms with Gasteiger partial charge in [-0.3, -0.25) is 23.7 Å². The number of carbonyl (C=O) groups is 4. The van der Waals surface area contributed by atoms with Crippen LogP contribution in [0.15, 0.2) is 0 Å². The van der Waals surface area contributed by atoms with Crippen LogP contribution in [0.5, 0.6) is 0 Å². The van der Waals surface area contributed by atoms with Gasteiger partial charge in [-0.15, -0.1) is 0 Å². The number of nitrogens with one attached hydrogen (secondary N) is 4. The number of ether oxygens (including phenoxy) is 13. The lowest BCUT2D eigenvalue weighted by atomic mass is 9.93. The van der Waals surface area contributed by atoms with Crippen LogP contribution in [0.25, 0.3) is 0 Å². The molecule has 0 aromatic rings. The van der Waals surface area contributed by atoms with Crippen LogP contribution in [0.1, 0.15) is 27.7 Å². The molecule has 7 heterocycles. The first kappa shape index (κ1) is 77.9. The molecule has 0 aromatic carbocycles. The van der Waals surface area contributed by atoms with Crippen LogP contribution in [0, 0.1) is 0 Å². The van der Waals surface area contributed by atoms with Crippen LogP contribution < -0.4 is 21.3 Å². The summed E-state index contributed by atoms with van der Waals surface area (Å²) in [5.74, 6) is -3.44. The van der Waals surface area contributed by atoms with E-state index in [9.17, 15) is 124 Å². The minimum absolute atomic E-state index is 0.768. The van der Waals surface area contributed by atoms with Gasteiger partial charge in [0.1, 0.15) is 171 Å². The fraction of sp³-hybridized carbons (Fsp3) is 0.920. The van der Waals surface area contributed by atoms with Crippen molar-refractivity contribution in [2.24, 2.45) is 0 Å². The quantitative estimate of drug-likeness (QED) is 0.0377. The minimum Gasteiger partial charge on any atom is -0.394 e. The predicted molar refractivity (Wildman–Crippen MR) is 289 cm³/mol. The Balaban J connectivity index is 1.25. The summed E-state index contributed by atoms with van der Waals surface area (Å²) >= 11 is 0. The number of amides is 4. The van der Waals surface area contributed by atoms with Crippen LogP contribution in [-0.4, -0.2) is 389 Å². The van der Waals surface area contributed by atoms with E-state index in [-0.39, 0.29) is 0 Å². The molecule has 0 aromatic heterocycles. The Hall–Kier alpha value is -3.49. The van der Waals surface area contributed by atoms with E-state index in [1.165, 1.54) is 0 Å². The summed E-state index contributed by atoms with van der Waals surface area (Å²) in [4.78, 5) is 49.6. The summed E-state index contributed by atoms with van der Waals surface area (Å²) in [5, 5.41) is 209. The Morgan fingerprint density at radius 1 is 0.330 bits per heavy atom. The molecule has 0 saturated carbocycles. The predicted octanol–water partition coefficient (Wildman–Crippen LogP) is -15.9. The molecule has 0 spiro atoms. The number of carbonyl (C=O) groups excluding carboxylic acids is 4. The summed E-state index contributed by atoms with van der Waals surface area (Å²) < 4.78 is 113. The van der Waals surface area contributed by atoms with Crippen molar-refractivity contribution < 1.29 is 190 Å². The van der Waals surface area contributed by atoms with Gasteiger partial charge in [-0.05, 0) is 0 Å². The van der Waals surface area contributed by atoms with Gasteiger partial charge < -0.3 is 175 Å². The molecule has 23 N–H and O–H groups in total. The molecule has 0 bridgehead atoms. The number of hydrogen-bond donors (Lipinski definition) is 23. The molecule has 7 fully saturated rings. The first-order valence-electron chi connectivity index (χ1n) is 29.3. The summed E-state index contributed by atoms with van der Waals surface area (Å²) in [7, 11) is -5.24. The Kier molecular flexibility index (Phi) is 27.8. The maximum Gasteiger partial charge on any atom is 0.397 e. The topological polar surface area (TPSA) is 664 Å². The van der Waals surface area contributed by atoms with Crippen molar-refractivity contribution >= 4 is 34.0 Å². The van der Waals surface area contributed by atoms with Crippen molar-refractivity contribution in [2.45, 2.75) is 242 Å². The highest BCUT2D eigenvalue weighted by Crippen LogP contribution is 2.38. The molecule has 0 aliphatic carbocycles. The van der Waals surface area contributed by atoms with Gasteiger partial charge in [-0.25, -0.2) is 4.18 Å². The Bertz CT molecular complexity index is 2580. The molecule has 4 amide bonds. The van der Waals surface area contributed by atoms with E-state index in [0.717, 1.165) is 27.7 Å². The van der Waals surface area contributed by atoms with Crippen LogP contribution in [-0.2, 0) is 95.3 Å². The van der Waals surface area contributed by atoms with E-state index in [4.69, 9.17) is 61.6 Å². The van der Waals surface area contributed by atoms with Crippen molar-refractivity contribution in [3.05, 3.63) is 0 Å². The van der Waals surface area contributed by atoms with Gasteiger partial charge in [0.2, 0.25) is 23.6 Å². The molecular formula is C50H84N4O39S. The zero-order valence-corrected chi connectivity index (χ0v) is 51.0. The number of hydrogen-bond acceptors (Lipinski definition) is 38. The fourth-order valence-corrected chi connectivity index (χ4v) is 11.9. The minimum atomic E-state index is -5.24. The highest BCUT2D eigenvalue weighted by atomic mass is 32.3. The summed E-state index contributed by atoms with van der Waals surface area (Å²) in [6.07, 6.45) is -64.3. The highest BCUT2D eigenvalue weighted by Gasteiger charge is 2.59. The average molecular weight is 1400 g/mol. The standard InChI is InChI=1S/C50H84N4O39S/c1-12(60)51-23-34(71)39(19(8-58)82-44(23)76)89-47-26(54-15(4)63)35(72)40(20(9-59)86-47)90-48-38(75)41(91-50-43(37(74)29(66)18(7-57)85-50)93-45-24(52-13(2)61)32(69)27(64)16(5-55)83-45)31(68)21(88-48)10-80-49-42(36(73)28(65)17(6-56)84-49)92-46-25(53-14(3)62)33(70)30(67)22(87-46)11-81-94(77,78)79/h16-50,55-59,64-76H,5-11H2,1-4H3,(H,51,60)(H,52,61)(H,53,62)(H,54,63)(H,77,78,79)/t16-,17-,18-,19-,20-,21-,22-,23-,24-,25-,26-,27-,28-,29-,30-,31-,32-,33-,34-,35-,36+,37+,38+,39-,40-,41+,42+,43+,44-,45+,46+,47+,48+,49+,50-/m1/s1. The van der Waals surface area contributed by atoms with Crippen molar-refractivity contribution in [1.29, 1.82) is 0 Å². The maximum atomic E-state index is 12.8. The summed E-state index contributed by atoms with van der Waals surface area (Å²) in [5.41, 5.74) is 0. The number of aliphatic hydroxyl groups excluding tert-OH is 18. The zero-order chi connectivity index (χ0) is 69.7. The largest absolute Gasteiger partial charge is 0.397 e. The molecule has 0 radical (unpaired) electrons. The summed E-state index contributed by atoms with van der Waals surface area (Å²) in [6, 6.07) is -7.10. The number of rotatable bonds is 25. The normalized spacial score (nSPS) is 46.3. The third-order valence-electron chi connectivity index (χ3n) is 16.3. The van der Waals surface area contributed by atoms with Crippen LogP contribution in [0.4, 0.5) is 0 Å². The van der Waals surface area contributed by atoms with Crippen molar-refractivity contribution in [3.8, 4) is 0 Å². The van der Waals surface area contributed by atoms with E-state index in [1.54, 1.807) is 0 Å². The van der Waals surface area contributed by atoms with Crippen LogP contribution >= 0.6 is 0 Å². The van der Waals surface area contributed by atoms with Crippen molar-refractivity contribution in [1.82, 2.24) is 21.3 Å². The molecule has 43 nitrogen and oxygen atoms in total. The lowest BCUT2D eigenvalue weighted by Gasteiger charge is -2.51. The molecule has 35 atom stereocenters. The van der Waals surface area contributed by atoms with E-state index in [2.05, 4.69) is 25.5 Å². The molecule has 94 heavy (non-hydrogen) atoms. The third-order valence-corrected chi connectivity index (χ3v) is 16.8. The molecule has 44 heteroatoms. The van der Waals surface area contributed by atoms with Crippen LogP contribution in [0.2, 0.25) is 0 Å². The van der Waals surface area contributed by atoms with E-state index in [1.807, 2.05) is 0 Å². The van der Waals surface area contributed by atoms with Gasteiger partial charge in [0.05, 0.1) is 46.2 Å². The van der Waals surface area contributed by atoms with Gasteiger partial charge in [0.15, 0.2) is 44.0 Å². The summed E-state index contributed by atoms with van der Waals surface area (Å²) in [6.45, 7) is -3.79. The van der Waals surface area contributed by atoms with E-state index in [0.29, 0.717) is 0 Å². The van der Waals surface area contributed by atoms with Gasteiger partial charge >= 0.3 is 10.4 Å². The van der Waals surface area contributed by atoms with E-state index < -0.39 is 295 Å². The van der Waals surface area contributed by atoms with Gasteiger partial charge in [-0.1, -0.05) is 0 Å². The second kappa shape index (κ2) is 33.6. The van der Waals surface area contributed by atoms with Crippen LogP contribution in [0.3, 0.4) is 0 Å². The van der Waals surface area contributed by atoms with E-state index >= 15 is 0 Å². The fourth-order valence-electron chi connectivity index (χ4n) is 11.6. The van der Waals surface area contributed by atoms with Gasteiger partial charge in [0, 0.05) is 27.7 Å². The lowest BCUT2D eigenvalue weighted by molar-refractivity contribution is -0.396. The average Bonchev–Trinajstić information content (AvgIpc) is 0.784. The molecule has 7 saturated heterocycles. The van der Waals surface area contributed by atoms with Gasteiger partial charge in [-0.2, -0.15) is 8.42 Å². The first-order chi connectivity index (χ1) is 44.2.